The summed E-state index contributed by atoms with van der Waals surface area (Å²) in [7, 11) is 9.51. The minimum atomic E-state index is -3.08. The van der Waals surface area contributed by atoms with Crippen LogP contribution >= 0.6 is 0 Å². The van der Waals surface area contributed by atoms with Crippen molar-refractivity contribution in [1.82, 2.24) is 0 Å². The van der Waals surface area contributed by atoms with Crippen LogP contribution in [-0.2, 0) is 28.8 Å². The third-order valence-electron chi connectivity index (χ3n) is 6.20. The van der Waals surface area contributed by atoms with Gasteiger partial charge in [0.1, 0.15) is 25.3 Å². The predicted octanol–water partition coefficient (Wildman–Crippen LogP) is -1.00. The van der Waals surface area contributed by atoms with Crippen molar-refractivity contribution in [2.24, 2.45) is 16.7 Å². The highest BCUT2D eigenvalue weighted by Gasteiger charge is 2.65. The minimum Gasteiger partial charge on any atom is -0.480 e. The molecule has 4 N–H and O–H groups in total. The number of aliphatic hydroxyl groups excluding tert-OH is 2. The monoisotopic (exact) mass is 518 g/mol. The first-order valence-corrected chi connectivity index (χ1v) is 11.7. The summed E-state index contributed by atoms with van der Waals surface area (Å²) in [5.41, 5.74) is -6.17. The SMILES string of the molecule is CCC(=O)C(C(=O)O)(C(=O)C(C)C(=O)C(C(=O)O)(C(=O)CC)C(O)C[N+](C)(C)C)C(O)C[N+](C)(C)C. The molecule has 12 heteroatoms. The van der Waals surface area contributed by atoms with Crippen LogP contribution in [0.2, 0.25) is 0 Å². The second-order valence-electron chi connectivity index (χ2n) is 11.2. The standard InChI is InChI=1S/C24H40N2O10/c1-10-15(27)23(21(33)34,17(29)12-25(4,5)6)19(31)14(3)20(32)24(22(35)36,16(28)11-2)18(30)13-26(7,8)9/h14,17-18,29-30H,10-13H2,1-9H3/p+2. The summed E-state index contributed by atoms with van der Waals surface area (Å²) in [4.78, 5) is 78.2. The van der Waals surface area contributed by atoms with Gasteiger partial charge in [0, 0.05) is 12.8 Å². The van der Waals surface area contributed by atoms with E-state index in [0.29, 0.717) is 0 Å². The van der Waals surface area contributed by atoms with Crippen molar-refractivity contribution in [3.8, 4) is 0 Å². The molecule has 0 amide bonds. The van der Waals surface area contributed by atoms with Crippen LogP contribution in [-0.4, -0.2) is 132 Å². The van der Waals surface area contributed by atoms with E-state index >= 15 is 0 Å². The highest BCUT2D eigenvalue weighted by atomic mass is 16.4. The van der Waals surface area contributed by atoms with Crippen LogP contribution in [0.5, 0.6) is 0 Å². The number of hydrogen-bond acceptors (Lipinski definition) is 8. The first-order chi connectivity index (χ1) is 16.1. The molecule has 0 aromatic rings. The van der Waals surface area contributed by atoms with E-state index in [1.807, 2.05) is 0 Å². The number of Topliss-reactive ketones (excluding diaryl/α,β-unsaturated/α-hetero) is 4. The number of aliphatic hydroxyl groups is 2. The zero-order valence-electron chi connectivity index (χ0n) is 22.7. The highest BCUT2D eigenvalue weighted by molar-refractivity contribution is 6.31. The lowest BCUT2D eigenvalue weighted by molar-refractivity contribution is -0.874. The molecule has 4 atom stereocenters. The first-order valence-electron chi connectivity index (χ1n) is 11.7. The van der Waals surface area contributed by atoms with E-state index in [2.05, 4.69) is 0 Å². The third-order valence-corrected chi connectivity index (χ3v) is 6.20. The van der Waals surface area contributed by atoms with E-state index < -0.39 is 76.9 Å². The Labute approximate surface area is 211 Å². The highest BCUT2D eigenvalue weighted by Crippen LogP contribution is 2.37. The number of likely N-dealkylation sites (N-methyl/N-ethyl adjacent to an activating group) is 2. The molecule has 0 bridgehead atoms. The molecule has 206 valence electrons. The Balaban J connectivity index is 7.14. The molecule has 4 unspecified atom stereocenters. The zero-order valence-corrected chi connectivity index (χ0v) is 22.7. The van der Waals surface area contributed by atoms with Gasteiger partial charge in [-0.2, -0.15) is 0 Å². The molecule has 0 aromatic heterocycles. The number of nitrogens with zero attached hydrogens (tertiary/aromatic N) is 2. The average Bonchev–Trinajstić information content (AvgIpc) is 2.70. The number of carboxylic acids is 2. The fraction of sp³-hybridized carbons (Fsp3) is 0.750. The van der Waals surface area contributed by atoms with Gasteiger partial charge in [0.15, 0.2) is 23.1 Å². The number of rotatable bonds is 16. The summed E-state index contributed by atoms with van der Waals surface area (Å²) in [6.07, 6.45) is -5.09. The van der Waals surface area contributed by atoms with E-state index in [4.69, 9.17) is 0 Å². The number of carboxylic acid groups (broad SMARTS) is 2. The van der Waals surface area contributed by atoms with Crippen molar-refractivity contribution in [1.29, 1.82) is 0 Å². The Morgan fingerprint density at radius 1 is 0.639 bits per heavy atom. The first kappa shape index (κ1) is 33.5. The zero-order chi connectivity index (χ0) is 29.0. The summed E-state index contributed by atoms with van der Waals surface area (Å²) in [6, 6.07) is 0. The van der Waals surface area contributed by atoms with Gasteiger partial charge in [-0.1, -0.05) is 13.8 Å². The van der Waals surface area contributed by atoms with E-state index in [1.54, 1.807) is 42.3 Å². The van der Waals surface area contributed by atoms with Gasteiger partial charge in [-0.15, -0.1) is 0 Å². The molecule has 0 fully saturated rings. The molecule has 0 aliphatic heterocycles. The number of quaternary nitrogens is 2. The van der Waals surface area contributed by atoms with Gasteiger partial charge < -0.3 is 29.4 Å². The molecular formula is C24H42N2O10+2. The van der Waals surface area contributed by atoms with Gasteiger partial charge >= 0.3 is 11.9 Å². The number of carbonyl (C=O) groups excluding carboxylic acids is 4. The summed E-state index contributed by atoms with van der Waals surface area (Å²) in [6.45, 7) is 2.72. The topological polar surface area (TPSA) is 183 Å². The fourth-order valence-electron chi connectivity index (χ4n) is 4.38. The largest absolute Gasteiger partial charge is 0.480 e. The lowest BCUT2D eigenvalue weighted by Crippen LogP contribution is -2.65. The van der Waals surface area contributed by atoms with Gasteiger partial charge in [0.2, 0.25) is 10.8 Å². The molecule has 0 aromatic carbocycles. The third kappa shape index (κ3) is 6.41. The molecule has 0 aliphatic carbocycles. The quantitative estimate of drug-likeness (QED) is 0.146. The Morgan fingerprint density at radius 2 is 0.889 bits per heavy atom. The van der Waals surface area contributed by atoms with E-state index in [0.717, 1.165) is 6.92 Å². The molecule has 0 heterocycles. The van der Waals surface area contributed by atoms with Crippen LogP contribution in [0.1, 0.15) is 33.6 Å². The van der Waals surface area contributed by atoms with Crippen molar-refractivity contribution in [2.75, 3.05) is 55.4 Å². The molecule has 0 rings (SSSR count). The summed E-state index contributed by atoms with van der Waals surface area (Å²) in [5.74, 6) is -11.5. The van der Waals surface area contributed by atoms with Gasteiger partial charge in [-0.25, -0.2) is 0 Å². The normalized spacial score (nSPS) is 18.2. The summed E-state index contributed by atoms with van der Waals surface area (Å²) < 4.78 is -0.0865. The number of aliphatic carboxylic acids is 2. The smallest absolute Gasteiger partial charge is 0.327 e. The van der Waals surface area contributed by atoms with Crippen LogP contribution < -0.4 is 0 Å². The van der Waals surface area contributed by atoms with Gasteiger partial charge in [0.25, 0.3) is 0 Å². The Kier molecular flexibility index (Phi) is 10.9. The molecule has 36 heavy (non-hydrogen) atoms. The molecule has 12 nitrogen and oxygen atoms in total. The predicted molar refractivity (Wildman–Crippen MR) is 128 cm³/mol. The Morgan fingerprint density at radius 3 is 1.06 bits per heavy atom. The van der Waals surface area contributed by atoms with Crippen LogP contribution in [0.3, 0.4) is 0 Å². The molecule has 0 spiro atoms. The lowest BCUT2D eigenvalue weighted by atomic mass is 9.63. The summed E-state index contributed by atoms with van der Waals surface area (Å²) in [5, 5.41) is 42.0. The average molecular weight is 519 g/mol. The maximum atomic E-state index is 13.7. The van der Waals surface area contributed by atoms with Crippen LogP contribution in [0, 0.1) is 16.7 Å². The van der Waals surface area contributed by atoms with Crippen LogP contribution in [0.15, 0.2) is 0 Å². The number of hydrogen-bond donors (Lipinski definition) is 4. The van der Waals surface area contributed by atoms with Crippen molar-refractivity contribution in [3.63, 3.8) is 0 Å². The second kappa shape index (κ2) is 11.7. The van der Waals surface area contributed by atoms with Gasteiger partial charge in [-0.05, 0) is 6.92 Å². The van der Waals surface area contributed by atoms with Gasteiger partial charge in [0.05, 0.1) is 48.2 Å². The van der Waals surface area contributed by atoms with E-state index in [9.17, 15) is 49.2 Å². The Bertz CT molecular complexity index is 830. The van der Waals surface area contributed by atoms with E-state index in [1.165, 1.54) is 13.8 Å². The maximum Gasteiger partial charge on any atom is 0.327 e. The van der Waals surface area contributed by atoms with Crippen LogP contribution in [0.4, 0.5) is 0 Å². The fourth-order valence-corrected chi connectivity index (χ4v) is 4.38. The minimum absolute atomic E-state index is 0.0433. The maximum absolute atomic E-state index is 13.7. The molecule has 0 aliphatic rings. The van der Waals surface area contributed by atoms with Crippen molar-refractivity contribution in [2.45, 2.75) is 45.8 Å². The number of ketones is 4. The van der Waals surface area contributed by atoms with Crippen molar-refractivity contribution < 1.29 is 58.2 Å². The molecular weight excluding hydrogens is 476 g/mol. The van der Waals surface area contributed by atoms with E-state index in [-0.39, 0.29) is 22.1 Å². The van der Waals surface area contributed by atoms with Gasteiger partial charge in [-0.3, -0.25) is 28.8 Å². The second-order valence-corrected chi connectivity index (χ2v) is 11.2. The van der Waals surface area contributed by atoms with Crippen molar-refractivity contribution >= 4 is 35.1 Å². The Hall–Kier alpha value is -2.54. The van der Waals surface area contributed by atoms with Crippen LogP contribution in [0.25, 0.3) is 0 Å². The molecule has 0 saturated heterocycles. The summed E-state index contributed by atoms with van der Waals surface area (Å²) >= 11 is 0. The number of carbonyl (C=O) groups is 6. The molecule has 0 radical (unpaired) electrons. The van der Waals surface area contributed by atoms with Crippen molar-refractivity contribution in [3.05, 3.63) is 0 Å². The molecule has 0 saturated carbocycles. The lowest BCUT2D eigenvalue weighted by Gasteiger charge is -2.39.